The van der Waals surface area contributed by atoms with Crippen LogP contribution in [0.25, 0.3) is 0 Å². The highest BCUT2D eigenvalue weighted by molar-refractivity contribution is 7.99. The van der Waals surface area contributed by atoms with Gasteiger partial charge in [-0.25, -0.2) is 0 Å². The molecule has 2 rings (SSSR count). The first-order valence-electron chi connectivity index (χ1n) is 6.35. The number of rotatable bonds is 3. The van der Waals surface area contributed by atoms with Crippen molar-refractivity contribution >= 4 is 11.8 Å². The van der Waals surface area contributed by atoms with Crippen molar-refractivity contribution in [2.24, 2.45) is 5.92 Å². The number of thioether (sulfide) groups is 1. The van der Waals surface area contributed by atoms with Crippen molar-refractivity contribution < 1.29 is 0 Å². The highest BCUT2D eigenvalue weighted by Gasteiger charge is 2.21. The van der Waals surface area contributed by atoms with Gasteiger partial charge in [-0.2, -0.15) is 11.8 Å². The zero-order valence-corrected chi connectivity index (χ0v) is 10.7. The third-order valence-electron chi connectivity index (χ3n) is 3.70. The van der Waals surface area contributed by atoms with Crippen molar-refractivity contribution in [2.75, 3.05) is 38.2 Å². The molecular formula is C12H24N2S. The summed E-state index contributed by atoms with van der Waals surface area (Å²) in [4.78, 5) is 2.61. The lowest BCUT2D eigenvalue weighted by atomic mass is 9.98. The molecule has 88 valence electrons. The number of hydrogen-bond donors (Lipinski definition) is 1. The lowest BCUT2D eigenvalue weighted by molar-refractivity contribution is 0.191. The van der Waals surface area contributed by atoms with Crippen LogP contribution < -0.4 is 5.32 Å². The van der Waals surface area contributed by atoms with Gasteiger partial charge in [0.25, 0.3) is 0 Å². The molecule has 0 aromatic rings. The van der Waals surface area contributed by atoms with Crippen LogP contribution in [0, 0.1) is 5.92 Å². The van der Waals surface area contributed by atoms with Gasteiger partial charge in [0.1, 0.15) is 0 Å². The highest BCUT2D eigenvalue weighted by atomic mass is 32.2. The number of nitrogens with zero attached hydrogens (tertiary/aromatic N) is 1. The molecule has 2 heterocycles. The fraction of sp³-hybridized carbons (Fsp3) is 1.00. The second-order valence-electron chi connectivity index (χ2n) is 5.02. The molecule has 15 heavy (non-hydrogen) atoms. The number of piperidine rings is 1. The van der Waals surface area contributed by atoms with Gasteiger partial charge in [-0.05, 0) is 57.5 Å². The molecule has 0 aromatic heterocycles. The molecule has 0 saturated carbocycles. The first-order valence-corrected chi connectivity index (χ1v) is 7.50. The van der Waals surface area contributed by atoms with E-state index in [0.29, 0.717) is 0 Å². The number of hydrogen-bond acceptors (Lipinski definition) is 3. The van der Waals surface area contributed by atoms with Gasteiger partial charge < -0.3 is 10.2 Å². The largest absolute Gasteiger partial charge is 0.316 e. The SMILES string of the molecule is CN(CC1CCCNC1)C1CCCSC1. The van der Waals surface area contributed by atoms with Crippen molar-refractivity contribution in [3.8, 4) is 0 Å². The van der Waals surface area contributed by atoms with E-state index in [1.54, 1.807) is 0 Å². The van der Waals surface area contributed by atoms with Gasteiger partial charge in [-0.3, -0.25) is 0 Å². The average Bonchev–Trinajstić information content (AvgIpc) is 2.31. The summed E-state index contributed by atoms with van der Waals surface area (Å²) in [6, 6.07) is 0.852. The van der Waals surface area contributed by atoms with Crippen LogP contribution in [0.3, 0.4) is 0 Å². The van der Waals surface area contributed by atoms with Gasteiger partial charge in [0.05, 0.1) is 0 Å². The maximum Gasteiger partial charge on any atom is 0.0183 e. The van der Waals surface area contributed by atoms with Crippen LogP contribution in [-0.4, -0.2) is 49.1 Å². The summed E-state index contributed by atoms with van der Waals surface area (Å²) < 4.78 is 0. The first-order chi connectivity index (χ1) is 7.36. The Hall–Kier alpha value is 0.270. The van der Waals surface area contributed by atoms with E-state index in [2.05, 4.69) is 29.0 Å². The molecule has 0 aromatic carbocycles. The van der Waals surface area contributed by atoms with Crippen LogP contribution in [0.4, 0.5) is 0 Å². The van der Waals surface area contributed by atoms with E-state index in [9.17, 15) is 0 Å². The molecule has 2 saturated heterocycles. The third-order valence-corrected chi connectivity index (χ3v) is 4.90. The molecule has 0 radical (unpaired) electrons. The maximum absolute atomic E-state index is 3.51. The minimum atomic E-state index is 0.852. The van der Waals surface area contributed by atoms with E-state index >= 15 is 0 Å². The molecule has 2 aliphatic rings. The molecule has 0 bridgehead atoms. The second kappa shape index (κ2) is 6.12. The normalized spacial score (nSPS) is 33.2. The van der Waals surface area contributed by atoms with E-state index in [4.69, 9.17) is 0 Å². The molecular weight excluding hydrogens is 204 g/mol. The maximum atomic E-state index is 3.51. The van der Waals surface area contributed by atoms with Gasteiger partial charge >= 0.3 is 0 Å². The van der Waals surface area contributed by atoms with Gasteiger partial charge in [-0.1, -0.05) is 0 Å². The monoisotopic (exact) mass is 228 g/mol. The molecule has 2 aliphatic heterocycles. The summed E-state index contributed by atoms with van der Waals surface area (Å²) in [5, 5.41) is 3.51. The standard InChI is InChI=1S/C12H24N2S/c1-14(12-5-3-7-15-10-12)9-11-4-2-6-13-8-11/h11-13H,2-10H2,1H3. The molecule has 0 spiro atoms. The van der Waals surface area contributed by atoms with E-state index in [-0.39, 0.29) is 0 Å². The summed E-state index contributed by atoms with van der Waals surface area (Å²) in [7, 11) is 2.32. The Balaban J connectivity index is 1.72. The van der Waals surface area contributed by atoms with Crippen LogP contribution in [0.2, 0.25) is 0 Å². The minimum Gasteiger partial charge on any atom is -0.316 e. The Labute approximate surface area is 98.2 Å². The molecule has 1 N–H and O–H groups in total. The molecule has 0 aliphatic carbocycles. The Morgan fingerprint density at radius 3 is 2.93 bits per heavy atom. The zero-order valence-electron chi connectivity index (χ0n) is 9.87. The Kier molecular flexibility index (Phi) is 4.79. The summed E-state index contributed by atoms with van der Waals surface area (Å²) >= 11 is 2.14. The van der Waals surface area contributed by atoms with Crippen LogP contribution in [-0.2, 0) is 0 Å². The number of nitrogens with one attached hydrogen (secondary N) is 1. The lowest BCUT2D eigenvalue weighted by Crippen LogP contribution is -2.42. The summed E-state index contributed by atoms with van der Waals surface area (Å²) in [5.41, 5.74) is 0. The van der Waals surface area contributed by atoms with Crippen LogP contribution in [0.15, 0.2) is 0 Å². The van der Waals surface area contributed by atoms with E-state index < -0.39 is 0 Å². The Morgan fingerprint density at radius 2 is 2.27 bits per heavy atom. The van der Waals surface area contributed by atoms with Gasteiger partial charge in [0.2, 0.25) is 0 Å². The molecule has 2 fully saturated rings. The minimum absolute atomic E-state index is 0.852. The zero-order chi connectivity index (χ0) is 10.5. The quantitative estimate of drug-likeness (QED) is 0.793. The van der Waals surface area contributed by atoms with Crippen molar-refractivity contribution in [3.63, 3.8) is 0 Å². The molecule has 2 nitrogen and oxygen atoms in total. The van der Waals surface area contributed by atoms with Gasteiger partial charge in [-0.15, -0.1) is 0 Å². The van der Waals surface area contributed by atoms with E-state index in [1.807, 2.05) is 0 Å². The predicted molar refractivity (Wildman–Crippen MR) is 68.6 cm³/mol. The topological polar surface area (TPSA) is 15.3 Å². The summed E-state index contributed by atoms with van der Waals surface area (Å²) in [6.07, 6.45) is 5.64. The van der Waals surface area contributed by atoms with Crippen molar-refractivity contribution in [1.29, 1.82) is 0 Å². The van der Waals surface area contributed by atoms with Crippen molar-refractivity contribution in [2.45, 2.75) is 31.7 Å². The van der Waals surface area contributed by atoms with Crippen molar-refractivity contribution in [1.82, 2.24) is 10.2 Å². The Morgan fingerprint density at radius 1 is 1.33 bits per heavy atom. The van der Waals surface area contributed by atoms with Crippen LogP contribution >= 0.6 is 11.8 Å². The van der Waals surface area contributed by atoms with Crippen LogP contribution in [0.1, 0.15) is 25.7 Å². The van der Waals surface area contributed by atoms with Gasteiger partial charge in [0.15, 0.2) is 0 Å². The van der Waals surface area contributed by atoms with E-state index in [1.165, 1.54) is 56.8 Å². The van der Waals surface area contributed by atoms with Gasteiger partial charge in [0, 0.05) is 18.3 Å². The van der Waals surface area contributed by atoms with E-state index in [0.717, 1.165) is 12.0 Å². The lowest BCUT2D eigenvalue weighted by Gasteiger charge is -2.34. The molecule has 0 amide bonds. The first kappa shape index (κ1) is 11.7. The molecule has 2 unspecified atom stereocenters. The smallest absolute Gasteiger partial charge is 0.0183 e. The molecule has 3 heteroatoms. The van der Waals surface area contributed by atoms with Crippen molar-refractivity contribution in [3.05, 3.63) is 0 Å². The second-order valence-corrected chi connectivity index (χ2v) is 6.17. The average molecular weight is 228 g/mol. The third kappa shape index (κ3) is 3.65. The fourth-order valence-electron chi connectivity index (χ4n) is 2.71. The predicted octanol–water partition coefficient (Wildman–Crippen LogP) is 1.81. The summed E-state index contributed by atoms with van der Waals surface area (Å²) in [6.45, 7) is 3.78. The Bertz CT molecular complexity index is 174. The summed E-state index contributed by atoms with van der Waals surface area (Å²) in [5.74, 6) is 3.64. The molecule has 2 atom stereocenters. The fourth-order valence-corrected chi connectivity index (χ4v) is 3.94. The van der Waals surface area contributed by atoms with Crippen LogP contribution in [0.5, 0.6) is 0 Å². The highest BCUT2D eigenvalue weighted by Crippen LogP contribution is 2.22.